The molecule has 2 heterocycles. The van der Waals surface area contributed by atoms with Gasteiger partial charge in [0.2, 0.25) is 0 Å². The molecule has 94 valence electrons. The second-order valence-corrected chi connectivity index (χ2v) is 4.64. The van der Waals surface area contributed by atoms with Crippen LogP contribution >= 0.6 is 0 Å². The predicted octanol–water partition coefficient (Wildman–Crippen LogP) is 0.532. The Hall–Kier alpha value is -1.13. The normalized spacial score (nSPS) is 18.4. The van der Waals surface area contributed by atoms with E-state index in [1.807, 2.05) is 19.3 Å². The van der Waals surface area contributed by atoms with Crippen LogP contribution in [0.4, 0.5) is 0 Å². The highest BCUT2D eigenvalue weighted by Gasteiger charge is 2.16. The van der Waals surface area contributed by atoms with Gasteiger partial charge in [-0.1, -0.05) is 6.07 Å². The number of hydrogen-bond acceptors (Lipinski definition) is 3. The fraction of sp³-hybridized carbons (Fsp3) is 0.615. The van der Waals surface area contributed by atoms with Crippen molar-refractivity contribution >= 4 is 0 Å². The van der Waals surface area contributed by atoms with Crippen molar-refractivity contribution in [1.29, 1.82) is 0 Å². The van der Waals surface area contributed by atoms with Crippen molar-refractivity contribution < 1.29 is 0 Å². The monoisotopic (exact) mass is 235 g/mol. The van der Waals surface area contributed by atoms with Crippen molar-refractivity contribution in [3.05, 3.63) is 34.7 Å². The molecule has 17 heavy (non-hydrogen) atoms. The van der Waals surface area contributed by atoms with Crippen LogP contribution in [0.3, 0.4) is 0 Å². The maximum Gasteiger partial charge on any atom is 0.250 e. The average molecular weight is 235 g/mol. The van der Waals surface area contributed by atoms with Gasteiger partial charge in [0, 0.05) is 31.4 Å². The molecule has 4 nitrogen and oxygen atoms in total. The lowest BCUT2D eigenvalue weighted by atomic mass is 10.1. The molecule has 0 amide bonds. The number of nitrogens with one attached hydrogen (secondary N) is 1. The highest BCUT2D eigenvalue weighted by atomic mass is 16.1. The number of pyridine rings is 1. The summed E-state index contributed by atoms with van der Waals surface area (Å²) in [4.78, 5) is 14.0. The van der Waals surface area contributed by atoms with E-state index in [0.29, 0.717) is 6.04 Å². The molecule has 0 spiro atoms. The standard InChI is InChI=1S/C13H21N3O/c1-14-12-5-8-15(9-6-12)10-11-16-7-3-2-4-13(16)17/h2-4,7,12,14H,5-6,8-11H2,1H3. The Morgan fingerprint density at radius 2 is 2.06 bits per heavy atom. The van der Waals surface area contributed by atoms with Gasteiger partial charge < -0.3 is 14.8 Å². The largest absolute Gasteiger partial charge is 0.317 e. The van der Waals surface area contributed by atoms with Gasteiger partial charge in [0.1, 0.15) is 0 Å². The van der Waals surface area contributed by atoms with Crippen molar-refractivity contribution in [1.82, 2.24) is 14.8 Å². The summed E-state index contributed by atoms with van der Waals surface area (Å²) < 4.78 is 1.78. The van der Waals surface area contributed by atoms with Crippen LogP contribution in [0.1, 0.15) is 12.8 Å². The SMILES string of the molecule is CNC1CCN(CCn2ccccc2=O)CC1. The number of aromatic nitrogens is 1. The Morgan fingerprint density at radius 1 is 1.29 bits per heavy atom. The molecule has 1 N–H and O–H groups in total. The summed E-state index contributed by atoms with van der Waals surface area (Å²) >= 11 is 0. The van der Waals surface area contributed by atoms with E-state index >= 15 is 0 Å². The summed E-state index contributed by atoms with van der Waals surface area (Å²) in [6.45, 7) is 4.03. The van der Waals surface area contributed by atoms with Crippen LogP contribution in [-0.2, 0) is 6.54 Å². The van der Waals surface area contributed by atoms with E-state index in [-0.39, 0.29) is 5.56 Å². The molecule has 0 atom stereocenters. The lowest BCUT2D eigenvalue weighted by Crippen LogP contribution is -2.42. The maximum atomic E-state index is 11.5. The lowest BCUT2D eigenvalue weighted by molar-refractivity contribution is 0.195. The zero-order valence-corrected chi connectivity index (χ0v) is 10.4. The maximum absolute atomic E-state index is 11.5. The number of hydrogen-bond donors (Lipinski definition) is 1. The number of likely N-dealkylation sites (tertiary alicyclic amines) is 1. The summed E-state index contributed by atoms with van der Waals surface area (Å²) in [5.74, 6) is 0. The van der Waals surface area contributed by atoms with Crippen LogP contribution < -0.4 is 10.9 Å². The highest BCUT2D eigenvalue weighted by Crippen LogP contribution is 2.09. The van der Waals surface area contributed by atoms with E-state index in [0.717, 1.165) is 26.2 Å². The summed E-state index contributed by atoms with van der Waals surface area (Å²) in [6, 6.07) is 5.99. The topological polar surface area (TPSA) is 37.3 Å². The minimum Gasteiger partial charge on any atom is -0.317 e. The van der Waals surface area contributed by atoms with Crippen LogP contribution in [0, 0.1) is 0 Å². The molecule has 0 saturated carbocycles. The molecule has 2 rings (SSSR count). The van der Waals surface area contributed by atoms with Crippen LogP contribution in [-0.4, -0.2) is 42.2 Å². The number of rotatable bonds is 4. The lowest BCUT2D eigenvalue weighted by Gasteiger charge is -2.31. The van der Waals surface area contributed by atoms with Crippen LogP contribution in [0.15, 0.2) is 29.2 Å². The van der Waals surface area contributed by atoms with Gasteiger partial charge in [-0.25, -0.2) is 0 Å². The molecule has 0 bridgehead atoms. The summed E-state index contributed by atoms with van der Waals surface area (Å²) in [6.07, 6.45) is 4.28. The Kier molecular flexibility index (Phi) is 4.34. The molecule has 0 unspecified atom stereocenters. The number of nitrogens with zero attached hydrogens (tertiary/aromatic N) is 2. The molecule has 0 radical (unpaired) electrons. The van der Waals surface area contributed by atoms with Crippen molar-refractivity contribution in [2.24, 2.45) is 0 Å². The molecule has 0 aromatic carbocycles. The first-order chi connectivity index (χ1) is 8.29. The van der Waals surface area contributed by atoms with E-state index in [1.54, 1.807) is 16.7 Å². The number of piperidine rings is 1. The Labute approximate surface area is 102 Å². The molecule has 1 saturated heterocycles. The first kappa shape index (κ1) is 12.3. The summed E-state index contributed by atoms with van der Waals surface area (Å²) in [5, 5.41) is 3.33. The molecule has 1 aromatic rings. The van der Waals surface area contributed by atoms with Gasteiger partial charge in [-0.15, -0.1) is 0 Å². The van der Waals surface area contributed by atoms with E-state index in [2.05, 4.69) is 10.2 Å². The smallest absolute Gasteiger partial charge is 0.250 e. The first-order valence-electron chi connectivity index (χ1n) is 6.34. The Balaban J connectivity index is 1.80. The second kappa shape index (κ2) is 5.98. The van der Waals surface area contributed by atoms with Gasteiger partial charge >= 0.3 is 0 Å². The van der Waals surface area contributed by atoms with Crippen LogP contribution in [0.25, 0.3) is 0 Å². The first-order valence-corrected chi connectivity index (χ1v) is 6.34. The highest BCUT2D eigenvalue weighted by molar-refractivity contribution is 4.93. The van der Waals surface area contributed by atoms with Gasteiger partial charge in [-0.3, -0.25) is 4.79 Å². The molecular weight excluding hydrogens is 214 g/mol. The fourth-order valence-electron chi connectivity index (χ4n) is 2.34. The molecule has 1 aliphatic rings. The molecule has 0 aliphatic carbocycles. The van der Waals surface area contributed by atoms with Crippen molar-refractivity contribution in [3.8, 4) is 0 Å². The molecule has 1 aliphatic heterocycles. The Morgan fingerprint density at radius 3 is 2.71 bits per heavy atom. The zero-order valence-electron chi connectivity index (χ0n) is 10.4. The third-order valence-corrected chi connectivity index (χ3v) is 3.55. The average Bonchev–Trinajstić information content (AvgIpc) is 2.38. The van der Waals surface area contributed by atoms with Gasteiger partial charge in [-0.05, 0) is 39.0 Å². The van der Waals surface area contributed by atoms with Crippen molar-refractivity contribution in [2.45, 2.75) is 25.4 Å². The van der Waals surface area contributed by atoms with Gasteiger partial charge in [0.15, 0.2) is 0 Å². The van der Waals surface area contributed by atoms with E-state index in [4.69, 9.17) is 0 Å². The summed E-state index contributed by atoms with van der Waals surface area (Å²) in [7, 11) is 2.03. The minimum atomic E-state index is 0.0950. The van der Waals surface area contributed by atoms with E-state index in [1.165, 1.54) is 12.8 Å². The van der Waals surface area contributed by atoms with Crippen LogP contribution in [0.5, 0.6) is 0 Å². The van der Waals surface area contributed by atoms with Gasteiger partial charge in [-0.2, -0.15) is 0 Å². The van der Waals surface area contributed by atoms with E-state index < -0.39 is 0 Å². The van der Waals surface area contributed by atoms with E-state index in [9.17, 15) is 4.79 Å². The quantitative estimate of drug-likeness (QED) is 0.827. The summed E-state index contributed by atoms with van der Waals surface area (Å²) in [5.41, 5.74) is 0.0950. The third-order valence-electron chi connectivity index (χ3n) is 3.55. The zero-order chi connectivity index (χ0) is 12.1. The molecule has 4 heteroatoms. The minimum absolute atomic E-state index is 0.0950. The second-order valence-electron chi connectivity index (χ2n) is 4.64. The van der Waals surface area contributed by atoms with Gasteiger partial charge in [0.05, 0.1) is 0 Å². The van der Waals surface area contributed by atoms with Crippen molar-refractivity contribution in [2.75, 3.05) is 26.7 Å². The van der Waals surface area contributed by atoms with Gasteiger partial charge in [0.25, 0.3) is 5.56 Å². The van der Waals surface area contributed by atoms with Crippen LogP contribution in [0.2, 0.25) is 0 Å². The molecular formula is C13H21N3O. The Bertz CT molecular complexity index is 394. The molecule has 1 aromatic heterocycles. The fourth-order valence-corrected chi connectivity index (χ4v) is 2.34. The predicted molar refractivity (Wildman–Crippen MR) is 69.2 cm³/mol. The molecule has 1 fully saturated rings. The third kappa shape index (κ3) is 3.41. The van der Waals surface area contributed by atoms with Crippen molar-refractivity contribution in [3.63, 3.8) is 0 Å².